The number of imidazole rings is 1. The van der Waals surface area contributed by atoms with Crippen molar-refractivity contribution < 1.29 is 9.18 Å². The van der Waals surface area contributed by atoms with Crippen LogP contribution in [-0.2, 0) is 11.8 Å². The quantitative estimate of drug-likeness (QED) is 0.339. The monoisotopic (exact) mass is 358 g/mol. The molecular formula is C18H23FN6O. The SMILES string of the molecule is C=C(/C=C(N)\C(C=N)=C(/C)c1nc(/C(C)=C(\F)C(C)=N)cn1C)C(N)=O. The summed E-state index contributed by atoms with van der Waals surface area (Å²) in [5.74, 6) is -0.887. The van der Waals surface area contributed by atoms with E-state index in [4.69, 9.17) is 22.3 Å². The fourth-order valence-corrected chi connectivity index (χ4v) is 2.25. The van der Waals surface area contributed by atoms with Gasteiger partial charge in [-0.2, -0.15) is 0 Å². The molecule has 0 aromatic carbocycles. The van der Waals surface area contributed by atoms with Gasteiger partial charge in [0.1, 0.15) is 11.7 Å². The first-order valence-corrected chi connectivity index (χ1v) is 7.64. The van der Waals surface area contributed by atoms with Crippen LogP contribution in [-0.4, -0.2) is 27.4 Å². The highest BCUT2D eigenvalue weighted by atomic mass is 19.1. The maximum absolute atomic E-state index is 14.0. The number of halogens is 1. The standard InChI is InChI=1S/C18H23FN6O/c1-9(17(23)26)6-14(22)13(7-20)10(2)18-24-15(8-25(18)5)11(3)16(19)12(4)21/h6-8,20-21H,1,22H2,2-5H3,(H2,23,26)/b13-10+,14-6+,16-11-,20-7?,21-12?. The number of allylic oxidation sites excluding steroid dienone is 4. The molecule has 7 nitrogen and oxygen atoms in total. The van der Waals surface area contributed by atoms with E-state index in [1.54, 1.807) is 31.7 Å². The molecule has 0 unspecified atom stereocenters. The summed E-state index contributed by atoms with van der Waals surface area (Å²) in [6, 6.07) is 0. The minimum atomic E-state index is -0.715. The fraction of sp³-hybridized carbons (Fsp3) is 0.222. The van der Waals surface area contributed by atoms with Gasteiger partial charge in [-0.3, -0.25) is 4.79 Å². The van der Waals surface area contributed by atoms with Crippen LogP contribution in [0.25, 0.3) is 11.1 Å². The van der Waals surface area contributed by atoms with Crippen LogP contribution in [0.5, 0.6) is 0 Å². The molecule has 0 spiro atoms. The van der Waals surface area contributed by atoms with E-state index >= 15 is 0 Å². The summed E-state index contributed by atoms with van der Waals surface area (Å²) in [6.45, 7) is 8.11. The molecule has 6 N–H and O–H groups in total. The minimum absolute atomic E-state index is 0.0116. The second kappa shape index (κ2) is 8.19. The molecule has 8 heteroatoms. The molecule has 1 aromatic heterocycles. The smallest absolute Gasteiger partial charge is 0.248 e. The van der Waals surface area contributed by atoms with Crippen LogP contribution in [0.3, 0.4) is 0 Å². The van der Waals surface area contributed by atoms with Crippen LogP contribution in [0.4, 0.5) is 4.39 Å². The Hall–Kier alpha value is -3.29. The van der Waals surface area contributed by atoms with E-state index in [2.05, 4.69) is 11.6 Å². The van der Waals surface area contributed by atoms with Crippen LogP contribution in [0.15, 0.2) is 41.5 Å². The summed E-state index contributed by atoms with van der Waals surface area (Å²) in [6.07, 6.45) is 3.95. The number of rotatable bonds is 7. The van der Waals surface area contributed by atoms with Gasteiger partial charge in [0.15, 0.2) is 0 Å². The zero-order chi connectivity index (χ0) is 20.2. The highest BCUT2D eigenvalue weighted by Crippen LogP contribution is 2.24. The predicted molar refractivity (Wildman–Crippen MR) is 102 cm³/mol. The highest BCUT2D eigenvalue weighted by Gasteiger charge is 2.16. The third-order valence-electron chi connectivity index (χ3n) is 3.76. The van der Waals surface area contributed by atoms with Gasteiger partial charge in [0.2, 0.25) is 5.91 Å². The van der Waals surface area contributed by atoms with Gasteiger partial charge in [-0.05, 0) is 26.8 Å². The first-order valence-electron chi connectivity index (χ1n) is 7.64. The van der Waals surface area contributed by atoms with Gasteiger partial charge in [0.25, 0.3) is 0 Å². The van der Waals surface area contributed by atoms with E-state index in [9.17, 15) is 9.18 Å². The Kier molecular flexibility index (Phi) is 6.54. The molecule has 0 atom stereocenters. The van der Waals surface area contributed by atoms with Gasteiger partial charge in [-0.1, -0.05) is 6.58 Å². The van der Waals surface area contributed by atoms with Gasteiger partial charge in [0.05, 0.1) is 11.4 Å². The lowest BCUT2D eigenvalue weighted by Gasteiger charge is -2.09. The van der Waals surface area contributed by atoms with Crippen molar-refractivity contribution in [3.05, 3.63) is 53.0 Å². The number of aryl methyl sites for hydroxylation is 1. The maximum Gasteiger partial charge on any atom is 0.248 e. The average Bonchev–Trinajstić information content (AvgIpc) is 2.95. The lowest BCUT2D eigenvalue weighted by molar-refractivity contribution is -0.114. The lowest BCUT2D eigenvalue weighted by Crippen LogP contribution is -2.14. The molecule has 26 heavy (non-hydrogen) atoms. The van der Waals surface area contributed by atoms with Crippen LogP contribution in [0.2, 0.25) is 0 Å². The number of carbonyl (C=O) groups is 1. The Morgan fingerprint density at radius 3 is 2.35 bits per heavy atom. The van der Waals surface area contributed by atoms with Crippen molar-refractivity contribution >= 4 is 29.0 Å². The molecule has 0 aliphatic rings. The van der Waals surface area contributed by atoms with Crippen LogP contribution in [0.1, 0.15) is 32.3 Å². The fourth-order valence-electron chi connectivity index (χ4n) is 2.25. The van der Waals surface area contributed by atoms with Gasteiger partial charge in [-0.25, -0.2) is 9.37 Å². The molecule has 0 fully saturated rings. The Morgan fingerprint density at radius 2 is 1.88 bits per heavy atom. The lowest BCUT2D eigenvalue weighted by atomic mass is 10.0. The average molecular weight is 358 g/mol. The van der Waals surface area contributed by atoms with Crippen molar-refractivity contribution in [2.24, 2.45) is 18.5 Å². The van der Waals surface area contributed by atoms with Crippen molar-refractivity contribution in [3.8, 4) is 0 Å². The van der Waals surface area contributed by atoms with E-state index in [1.165, 1.54) is 13.0 Å². The number of amides is 1. The van der Waals surface area contributed by atoms with Crippen molar-refractivity contribution in [3.63, 3.8) is 0 Å². The molecule has 1 aromatic rings. The molecule has 1 amide bonds. The Balaban J connectivity index is 3.50. The number of hydrogen-bond acceptors (Lipinski definition) is 5. The first kappa shape index (κ1) is 20.8. The van der Waals surface area contributed by atoms with E-state index in [0.717, 1.165) is 6.21 Å². The summed E-state index contributed by atoms with van der Waals surface area (Å²) in [5, 5.41) is 15.0. The summed E-state index contributed by atoms with van der Waals surface area (Å²) in [4.78, 5) is 15.5. The first-order chi connectivity index (χ1) is 12.0. The molecule has 138 valence electrons. The van der Waals surface area contributed by atoms with Gasteiger partial charge >= 0.3 is 0 Å². The van der Waals surface area contributed by atoms with E-state index < -0.39 is 11.7 Å². The number of primary amides is 1. The molecule has 0 aliphatic heterocycles. The Labute approximate surface area is 151 Å². The van der Waals surface area contributed by atoms with E-state index in [0.29, 0.717) is 22.7 Å². The van der Waals surface area contributed by atoms with Crippen molar-refractivity contribution in [2.45, 2.75) is 20.8 Å². The van der Waals surface area contributed by atoms with E-state index in [1.807, 2.05) is 0 Å². The highest BCUT2D eigenvalue weighted by molar-refractivity contribution is 6.00. The molecule has 0 bridgehead atoms. The molecule has 0 aliphatic carbocycles. The summed E-state index contributed by atoms with van der Waals surface area (Å²) >= 11 is 0. The number of nitrogens with two attached hydrogens (primary N) is 2. The maximum atomic E-state index is 14.0. The van der Waals surface area contributed by atoms with Crippen molar-refractivity contribution in [2.75, 3.05) is 0 Å². The summed E-state index contributed by atoms with van der Waals surface area (Å²) in [7, 11) is 1.72. The second-order valence-corrected chi connectivity index (χ2v) is 5.80. The Bertz CT molecular complexity index is 885. The summed E-state index contributed by atoms with van der Waals surface area (Å²) < 4.78 is 15.7. The normalized spacial score (nSPS) is 13.7. The molecule has 0 radical (unpaired) electrons. The van der Waals surface area contributed by atoms with Crippen molar-refractivity contribution in [1.82, 2.24) is 9.55 Å². The number of hydrogen-bond donors (Lipinski definition) is 4. The minimum Gasteiger partial charge on any atom is -0.398 e. The van der Waals surface area contributed by atoms with Crippen LogP contribution >= 0.6 is 0 Å². The second-order valence-electron chi connectivity index (χ2n) is 5.80. The summed E-state index contributed by atoms with van der Waals surface area (Å²) in [5.41, 5.74) is 12.6. The zero-order valence-corrected chi connectivity index (χ0v) is 15.3. The third kappa shape index (κ3) is 4.41. The van der Waals surface area contributed by atoms with E-state index in [-0.39, 0.29) is 22.6 Å². The molecule has 0 saturated carbocycles. The van der Waals surface area contributed by atoms with Crippen LogP contribution in [0, 0.1) is 10.8 Å². The topological polar surface area (TPSA) is 135 Å². The number of nitrogens with one attached hydrogen (secondary N) is 2. The molecule has 0 saturated heterocycles. The third-order valence-corrected chi connectivity index (χ3v) is 3.76. The largest absolute Gasteiger partial charge is 0.398 e. The predicted octanol–water partition coefficient (Wildman–Crippen LogP) is 2.47. The number of aromatic nitrogens is 2. The molecular weight excluding hydrogens is 335 g/mol. The number of carbonyl (C=O) groups excluding carboxylic acids is 1. The van der Waals surface area contributed by atoms with Crippen LogP contribution < -0.4 is 11.5 Å². The van der Waals surface area contributed by atoms with Gasteiger partial charge in [-0.15, -0.1) is 0 Å². The van der Waals surface area contributed by atoms with Gasteiger partial charge in [0, 0.05) is 47.4 Å². The Morgan fingerprint density at radius 1 is 1.31 bits per heavy atom. The van der Waals surface area contributed by atoms with Crippen molar-refractivity contribution in [1.29, 1.82) is 10.8 Å². The molecule has 1 heterocycles. The number of nitrogens with zero attached hydrogens (tertiary/aromatic N) is 2. The zero-order valence-electron chi connectivity index (χ0n) is 15.3. The molecule has 1 rings (SSSR count). The van der Waals surface area contributed by atoms with Gasteiger partial charge < -0.3 is 26.9 Å².